The van der Waals surface area contributed by atoms with Crippen molar-refractivity contribution in [3.63, 3.8) is 0 Å². The standard InChI is InChI=1S/C17H19N4S/c1-12-5-10-15-16(11-12)22-17(21(15)4)19-18-13-6-8-14(9-7-13)20(2)3/h5-11H,1-4H3/q+1. The van der Waals surface area contributed by atoms with Gasteiger partial charge in [-0.2, -0.15) is 0 Å². The van der Waals surface area contributed by atoms with E-state index >= 15 is 0 Å². The van der Waals surface area contributed by atoms with Crippen LogP contribution in [0.15, 0.2) is 52.7 Å². The fraction of sp³-hybridized carbons (Fsp3) is 0.235. The van der Waals surface area contributed by atoms with Crippen LogP contribution in [-0.2, 0) is 7.05 Å². The third-order valence-electron chi connectivity index (χ3n) is 3.58. The Labute approximate surface area is 134 Å². The second kappa shape index (κ2) is 5.85. The van der Waals surface area contributed by atoms with Crippen LogP contribution in [0.3, 0.4) is 0 Å². The molecule has 3 aromatic rings. The molecule has 0 aliphatic carbocycles. The average Bonchev–Trinajstić information content (AvgIpc) is 2.81. The Hall–Kier alpha value is -2.27. The van der Waals surface area contributed by atoms with Crippen LogP contribution in [0.2, 0.25) is 0 Å². The molecule has 22 heavy (non-hydrogen) atoms. The van der Waals surface area contributed by atoms with Gasteiger partial charge in [0.2, 0.25) is 0 Å². The second-order valence-electron chi connectivity index (χ2n) is 5.53. The molecule has 0 bridgehead atoms. The summed E-state index contributed by atoms with van der Waals surface area (Å²) in [7, 11) is 6.07. The smallest absolute Gasteiger partial charge is 0.378 e. The first-order chi connectivity index (χ1) is 10.5. The number of fused-ring (bicyclic) bond motifs is 1. The van der Waals surface area contributed by atoms with E-state index in [1.54, 1.807) is 11.3 Å². The van der Waals surface area contributed by atoms with E-state index in [1.807, 2.05) is 45.4 Å². The van der Waals surface area contributed by atoms with E-state index in [0.29, 0.717) is 0 Å². The van der Waals surface area contributed by atoms with Gasteiger partial charge >= 0.3 is 5.13 Å². The highest BCUT2D eigenvalue weighted by molar-refractivity contribution is 7.21. The fourth-order valence-corrected chi connectivity index (χ4v) is 3.32. The Morgan fingerprint density at radius 1 is 1.00 bits per heavy atom. The molecular formula is C17H19N4S+. The Morgan fingerprint density at radius 2 is 1.73 bits per heavy atom. The number of anilines is 1. The molecule has 1 heterocycles. The Balaban J connectivity index is 1.90. The van der Waals surface area contributed by atoms with Gasteiger partial charge in [0.1, 0.15) is 11.2 Å². The quantitative estimate of drug-likeness (QED) is 0.517. The Kier molecular flexibility index (Phi) is 3.90. The summed E-state index contributed by atoms with van der Waals surface area (Å²) in [4.78, 5) is 2.06. The fourth-order valence-electron chi connectivity index (χ4n) is 2.26. The minimum atomic E-state index is 0.860. The first-order valence-electron chi connectivity index (χ1n) is 7.13. The molecule has 0 aliphatic rings. The van der Waals surface area contributed by atoms with Gasteiger partial charge in [-0.1, -0.05) is 6.07 Å². The molecule has 0 amide bonds. The van der Waals surface area contributed by atoms with Crippen LogP contribution in [0.1, 0.15) is 5.56 Å². The van der Waals surface area contributed by atoms with Crippen LogP contribution in [0.25, 0.3) is 10.2 Å². The van der Waals surface area contributed by atoms with Gasteiger partial charge in [-0.15, -0.1) is 0 Å². The van der Waals surface area contributed by atoms with Crippen LogP contribution in [0, 0.1) is 6.92 Å². The van der Waals surface area contributed by atoms with E-state index < -0.39 is 0 Å². The van der Waals surface area contributed by atoms with E-state index in [-0.39, 0.29) is 0 Å². The van der Waals surface area contributed by atoms with Crippen molar-refractivity contribution in [3.8, 4) is 0 Å². The zero-order valence-corrected chi connectivity index (χ0v) is 14.1. The molecule has 0 spiro atoms. The maximum Gasteiger partial charge on any atom is 0.409 e. The summed E-state index contributed by atoms with van der Waals surface area (Å²) < 4.78 is 3.32. The van der Waals surface area contributed by atoms with E-state index in [4.69, 9.17) is 0 Å². The predicted molar refractivity (Wildman–Crippen MR) is 92.7 cm³/mol. The summed E-state index contributed by atoms with van der Waals surface area (Å²) in [6, 6.07) is 14.5. The highest BCUT2D eigenvalue weighted by atomic mass is 32.1. The zero-order valence-electron chi connectivity index (χ0n) is 13.2. The lowest BCUT2D eigenvalue weighted by molar-refractivity contribution is -0.627. The zero-order chi connectivity index (χ0) is 15.7. The molecule has 1 aromatic heterocycles. The number of nitrogens with zero attached hydrogens (tertiary/aromatic N) is 4. The summed E-state index contributed by atoms with van der Waals surface area (Å²) in [6.07, 6.45) is 0. The predicted octanol–water partition coefficient (Wildman–Crippen LogP) is 4.52. The summed E-state index contributed by atoms with van der Waals surface area (Å²) in [5.41, 5.74) is 4.46. The van der Waals surface area contributed by atoms with Crippen molar-refractivity contribution in [2.45, 2.75) is 6.92 Å². The molecule has 5 heteroatoms. The summed E-state index contributed by atoms with van der Waals surface area (Å²) in [5.74, 6) is 0. The number of aryl methyl sites for hydroxylation is 2. The number of benzene rings is 2. The summed E-state index contributed by atoms with van der Waals surface area (Å²) in [5, 5.41) is 9.66. The molecule has 3 rings (SSSR count). The molecule has 0 aliphatic heterocycles. The van der Waals surface area contributed by atoms with Crippen LogP contribution in [0.4, 0.5) is 16.5 Å². The maximum absolute atomic E-state index is 4.41. The molecule has 0 N–H and O–H groups in total. The van der Waals surface area contributed by atoms with Gasteiger partial charge in [-0.25, -0.2) is 4.57 Å². The third kappa shape index (κ3) is 2.85. The van der Waals surface area contributed by atoms with Crippen molar-refractivity contribution < 1.29 is 4.57 Å². The van der Waals surface area contributed by atoms with Gasteiger partial charge in [0.05, 0.1) is 16.9 Å². The van der Waals surface area contributed by atoms with E-state index in [2.05, 4.69) is 44.8 Å². The van der Waals surface area contributed by atoms with Crippen molar-refractivity contribution in [1.82, 2.24) is 0 Å². The number of thiazole rings is 1. The number of hydrogen-bond donors (Lipinski definition) is 0. The van der Waals surface area contributed by atoms with Crippen molar-refractivity contribution in [2.24, 2.45) is 17.3 Å². The Bertz CT molecular complexity index is 832. The van der Waals surface area contributed by atoms with Gasteiger partial charge in [0.25, 0.3) is 0 Å². The Morgan fingerprint density at radius 3 is 2.41 bits per heavy atom. The van der Waals surface area contributed by atoms with Crippen LogP contribution in [0.5, 0.6) is 0 Å². The van der Waals surface area contributed by atoms with E-state index in [1.165, 1.54) is 15.8 Å². The van der Waals surface area contributed by atoms with Gasteiger partial charge in [0.15, 0.2) is 0 Å². The monoisotopic (exact) mass is 311 g/mol. The number of rotatable bonds is 3. The molecule has 112 valence electrons. The maximum atomic E-state index is 4.41. The lowest BCUT2D eigenvalue weighted by Gasteiger charge is -2.11. The molecular weight excluding hydrogens is 292 g/mol. The summed E-state index contributed by atoms with van der Waals surface area (Å²) in [6.45, 7) is 2.10. The average molecular weight is 311 g/mol. The molecule has 0 saturated heterocycles. The number of aromatic nitrogens is 1. The topological polar surface area (TPSA) is 31.8 Å². The molecule has 0 radical (unpaired) electrons. The molecule has 2 aromatic carbocycles. The minimum Gasteiger partial charge on any atom is -0.378 e. The van der Waals surface area contributed by atoms with Gasteiger partial charge in [0, 0.05) is 19.8 Å². The number of hydrogen-bond acceptors (Lipinski definition) is 4. The lowest BCUT2D eigenvalue weighted by Crippen LogP contribution is -2.25. The highest BCUT2D eigenvalue weighted by Gasteiger charge is 2.15. The SMILES string of the molecule is Cc1ccc2c(c1)sc(N=Nc1ccc(N(C)C)cc1)[n+]2C. The molecule has 0 atom stereocenters. The number of azo groups is 1. The first kappa shape index (κ1) is 14.7. The van der Waals surface area contributed by atoms with Gasteiger partial charge < -0.3 is 4.90 Å². The van der Waals surface area contributed by atoms with Crippen LogP contribution in [-0.4, -0.2) is 14.1 Å². The van der Waals surface area contributed by atoms with E-state index in [0.717, 1.165) is 16.5 Å². The second-order valence-corrected chi connectivity index (χ2v) is 6.53. The largest absolute Gasteiger partial charge is 0.409 e. The summed E-state index contributed by atoms with van der Waals surface area (Å²) >= 11 is 1.66. The highest BCUT2D eigenvalue weighted by Crippen LogP contribution is 2.28. The van der Waals surface area contributed by atoms with Gasteiger partial charge in [-0.3, -0.25) is 0 Å². The van der Waals surface area contributed by atoms with Crippen molar-refractivity contribution in [3.05, 3.63) is 48.0 Å². The van der Waals surface area contributed by atoms with Crippen molar-refractivity contribution >= 4 is 38.1 Å². The van der Waals surface area contributed by atoms with Crippen LogP contribution >= 0.6 is 11.3 Å². The molecule has 0 saturated carbocycles. The molecule has 0 unspecified atom stereocenters. The lowest BCUT2D eigenvalue weighted by atomic mass is 10.2. The minimum absolute atomic E-state index is 0.860. The molecule has 4 nitrogen and oxygen atoms in total. The van der Waals surface area contributed by atoms with E-state index in [9.17, 15) is 0 Å². The van der Waals surface area contributed by atoms with Crippen molar-refractivity contribution in [1.29, 1.82) is 0 Å². The van der Waals surface area contributed by atoms with Gasteiger partial charge in [-0.05, 0) is 65.3 Å². The third-order valence-corrected chi connectivity index (χ3v) is 4.67. The van der Waals surface area contributed by atoms with Crippen LogP contribution < -0.4 is 9.47 Å². The van der Waals surface area contributed by atoms with Crippen molar-refractivity contribution in [2.75, 3.05) is 19.0 Å². The molecule has 0 fully saturated rings. The normalized spacial score (nSPS) is 11.5. The first-order valence-corrected chi connectivity index (χ1v) is 7.94.